The van der Waals surface area contributed by atoms with Gasteiger partial charge < -0.3 is 5.32 Å². The van der Waals surface area contributed by atoms with Crippen molar-refractivity contribution in [2.75, 3.05) is 5.32 Å². The van der Waals surface area contributed by atoms with Crippen LogP contribution in [0.5, 0.6) is 0 Å². The van der Waals surface area contributed by atoms with Crippen LogP contribution in [0.25, 0.3) is 0 Å². The SMILES string of the molecule is N#Cc1cc(F)cc(Nc2ccc(F)cc2I)c1. The first-order chi connectivity index (χ1) is 8.58. The molecule has 2 aromatic carbocycles. The summed E-state index contributed by atoms with van der Waals surface area (Å²) >= 11 is 1.98. The minimum atomic E-state index is -0.492. The summed E-state index contributed by atoms with van der Waals surface area (Å²) in [5.41, 5.74) is 1.34. The molecular formula is C13H7F2IN2. The molecule has 18 heavy (non-hydrogen) atoms. The van der Waals surface area contributed by atoms with Gasteiger partial charge in [0.05, 0.1) is 17.3 Å². The molecule has 0 fully saturated rings. The van der Waals surface area contributed by atoms with Gasteiger partial charge in [0.15, 0.2) is 0 Å². The van der Waals surface area contributed by atoms with Crippen molar-refractivity contribution >= 4 is 34.0 Å². The molecule has 0 radical (unpaired) electrons. The molecule has 0 saturated heterocycles. The molecular weight excluding hydrogens is 349 g/mol. The van der Waals surface area contributed by atoms with E-state index in [2.05, 4.69) is 5.32 Å². The van der Waals surface area contributed by atoms with E-state index in [0.717, 1.165) is 6.07 Å². The highest BCUT2D eigenvalue weighted by molar-refractivity contribution is 14.1. The molecule has 0 saturated carbocycles. The molecule has 0 aromatic heterocycles. The zero-order valence-electron chi connectivity index (χ0n) is 9.05. The number of benzene rings is 2. The Balaban J connectivity index is 2.34. The summed E-state index contributed by atoms with van der Waals surface area (Å²) in [4.78, 5) is 0. The van der Waals surface area contributed by atoms with Crippen LogP contribution in [0, 0.1) is 26.5 Å². The number of nitrogens with one attached hydrogen (secondary N) is 1. The number of hydrogen-bond donors (Lipinski definition) is 1. The highest BCUT2D eigenvalue weighted by atomic mass is 127. The van der Waals surface area contributed by atoms with Gasteiger partial charge in [-0.15, -0.1) is 0 Å². The van der Waals surface area contributed by atoms with Crippen molar-refractivity contribution in [1.29, 1.82) is 5.26 Å². The van der Waals surface area contributed by atoms with Crippen LogP contribution in [-0.2, 0) is 0 Å². The van der Waals surface area contributed by atoms with Crippen LogP contribution in [0.2, 0.25) is 0 Å². The largest absolute Gasteiger partial charge is 0.355 e. The van der Waals surface area contributed by atoms with Gasteiger partial charge in [0.2, 0.25) is 0 Å². The van der Waals surface area contributed by atoms with Crippen molar-refractivity contribution < 1.29 is 8.78 Å². The van der Waals surface area contributed by atoms with Gasteiger partial charge >= 0.3 is 0 Å². The molecule has 0 bridgehead atoms. The zero-order chi connectivity index (χ0) is 13.1. The van der Waals surface area contributed by atoms with Gasteiger partial charge in [0.1, 0.15) is 11.6 Å². The van der Waals surface area contributed by atoms with E-state index in [0.29, 0.717) is 14.9 Å². The van der Waals surface area contributed by atoms with Crippen molar-refractivity contribution in [3.05, 3.63) is 57.2 Å². The Hall–Kier alpha value is -1.68. The second kappa shape index (κ2) is 5.31. The Morgan fingerprint density at radius 1 is 1.06 bits per heavy atom. The van der Waals surface area contributed by atoms with Crippen LogP contribution < -0.4 is 5.32 Å². The molecule has 2 aromatic rings. The van der Waals surface area contributed by atoms with Crippen molar-refractivity contribution in [3.63, 3.8) is 0 Å². The van der Waals surface area contributed by atoms with E-state index in [9.17, 15) is 8.78 Å². The Morgan fingerprint density at radius 2 is 1.83 bits per heavy atom. The Morgan fingerprint density at radius 3 is 2.50 bits per heavy atom. The lowest BCUT2D eigenvalue weighted by atomic mass is 10.2. The third-order valence-electron chi connectivity index (χ3n) is 2.24. The molecule has 2 rings (SSSR count). The summed E-state index contributed by atoms with van der Waals surface area (Å²) in [6, 6.07) is 10.1. The van der Waals surface area contributed by atoms with Crippen LogP contribution in [0.1, 0.15) is 5.56 Å². The smallest absolute Gasteiger partial charge is 0.126 e. The fraction of sp³-hybridized carbons (Fsp3) is 0. The summed E-state index contributed by atoms with van der Waals surface area (Å²) < 4.78 is 26.8. The molecule has 0 amide bonds. The molecule has 0 aliphatic carbocycles. The van der Waals surface area contributed by atoms with Crippen LogP contribution in [0.4, 0.5) is 20.2 Å². The van der Waals surface area contributed by atoms with Gasteiger partial charge in [-0.3, -0.25) is 0 Å². The quantitative estimate of drug-likeness (QED) is 0.820. The topological polar surface area (TPSA) is 35.8 Å². The van der Waals surface area contributed by atoms with Gasteiger partial charge in [-0.1, -0.05) is 0 Å². The predicted octanol–water partition coefficient (Wildman–Crippen LogP) is 4.18. The van der Waals surface area contributed by atoms with Crippen LogP contribution in [0.15, 0.2) is 36.4 Å². The monoisotopic (exact) mass is 356 g/mol. The molecule has 5 heteroatoms. The highest BCUT2D eigenvalue weighted by Crippen LogP contribution is 2.24. The summed E-state index contributed by atoms with van der Waals surface area (Å²) in [6.45, 7) is 0. The lowest BCUT2D eigenvalue weighted by Gasteiger charge is -2.09. The van der Waals surface area contributed by atoms with E-state index in [1.807, 2.05) is 28.7 Å². The third-order valence-corrected chi connectivity index (χ3v) is 3.13. The number of nitriles is 1. The lowest BCUT2D eigenvalue weighted by Crippen LogP contribution is -1.95. The average molecular weight is 356 g/mol. The second-order valence-electron chi connectivity index (χ2n) is 3.59. The molecule has 0 atom stereocenters. The van der Waals surface area contributed by atoms with Crippen LogP contribution in [-0.4, -0.2) is 0 Å². The van der Waals surface area contributed by atoms with Gasteiger partial charge in [-0.2, -0.15) is 5.26 Å². The van der Waals surface area contributed by atoms with E-state index in [-0.39, 0.29) is 11.4 Å². The number of hydrogen-bond acceptors (Lipinski definition) is 2. The first-order valence-electron chi connectivity index (χ1n) is 5.01. The summed E-state index contributed by atoms with van der Waals surface area (Å²) in [5, 5.41) is 11.7. The minimum Gasteiger partial charge on any atom is -0.355 e. The van der Waals surface area contributed by atoms with E-state index >= 15 is 0 Å². The molecule has 1 N–H and O–H groups in total. The molecule has 90 valence electrons. The molecule has 0 unspecified atom stereocenters. The Labute approximate surface area is 116 Å². The maximum Gasteiger partial charge on any atom is 0.126 e. The molecule has 0 aliphatic rings. The Bertz CT molecular complexity index is 635. The van der Waals surface area contributed by atoms with Gasteiger partial charge in [0.25, 0.3) is 0 Å². The van der Waals surface area contributed by atoms with Crippen LogP contribution >= 0.6 is 22.6 Å². The third kappa shape index (κ3) is 2.96. The van der Waals surface area contributed by atoms with E-state index in [1.165, 1.54) is 24.3 Å². The maximum absolute atomic E-state index is 13.2. The summed E-state index contributed by atoms with van der Waals surface area (Å²) in [6.07, 6.45) is 0. The second-order valence-corrected chi connectivity index (χ2v) is 4.75. The first kappa shape index (κ1) is 12.8. The highest BCUT2D eigenvalue weighted by Gasteiger charge is 2.04. The van der Waals surface area contributed by atoms with E-state index in [4.69, 9.17) is 5.26 Å². The number of nitrogens with zero attached hydrogens (tertiary/aromatic N) is 1. The maximum atomic E-state index is 13.2. The van der Waals surface area contributed by atoms with Crippen molar-refractivity contribution in [3.8, 4) is 6.07 Å². The number of anilines is 2. The Kier molecular flexibility index (Phi) is 3.77. The summed E-state index contributed by atoms with van der Waals surface area (Å²) in [5.74, 6) is -0.824. The minimum absolute atomic E-state index is 0.231. The van der Waals surface area contributed by atoms with Crippen molar-refractivity contribution in [2.45, 2.75) is 0 Å². The summed E-state index contributed by atoms with van der Waals surface area (Å²) in [7, 11) is 0. The normalized spacial score (nSPS) is 9.89. The molecule has 0 spiro atoms. The number of halogens is 3. The molecule has 0 aliphatic heterocycles. The van der Waals surface area contributed by atoms with Gasteiger partial charge in [-0.25, -0.2) is 8.78 Å². The first-order valence-corrected chi connectivity index (χ1v) is 6.09. The van der Waals surface area contributed by atoms with Crippen LogP contribution in [0.3, 0.4) is 0 Å². The van der Waals surface area contributed by atoms with E-state index in [1.54, 1.807) is 6.07 Å². The van der Waals surface area contributed by atoms with E-state index < -0.39 is 5.82 Å². The fourth-order valence-electron chi connectivity index (χ4n) is 1.47. The van der Waals surface area contributed by atoms with Crippen molar-refractivity contribution in [2.24, 2.45) is 0 Å². The fourth-order valence-corrected chi connectivity index (χ4v) is 2.08. The molecule has 2 nitrogen and oxygen atoms in total. The van der Waals surface area contributed by atoms with Gasteiger partial charge in [-0.05, 0) is 59.0 Å². The van der Waals surface area contributed by atoms with Gasteiger partial charge in [0, 0.05) is 9.26 Å². The number of rotatable bonds is 2. The predicted molar refractivity (Wildman–Crippen MR) is 73.5 cm³/mol. The zero-order valence-corrected chi connectivity index (χ0v) is 11.2. The lowest BCUT2D eigenvalue weighted by molar-refractivity contribution is 0.626. The standard InChI is InChI=1S/C13H7F2IN2/c14-9-1-2-13(12(16)6-9)18-11-4-8(7-17)3-10(15)5-11/h1-6,18H. The van der Waals surface area contributed by atoms with Crippen molar-refractivity contribution in [1.82, 2.24) is 0 Å². The molecule has 0 heterocycles. The average Bonchev–Trinajstić information content (AvgIpc) is 2.32.